The molecule has 0 spiro atoms. The number of carbonyl (C=O) groups excluding carboxylic acids is 1. The largest absolute Gasteiger partial charge is 0.416 e. The Bertz CT molecular complexity index is 2110. The Kier molecular flexibility index (Phi) is 8.64. The summed E-state index contributed by atoms with van der Waals surface area (Å²) in [4.78, 5) is 16.8. The fraction of sp³-hybridized carbons (Fsp3) is 0.118. The molecule has 1 fully saturated rings. The number of carbonyl (C=O) groups is 1. The topological polar surface area (TPSA) is 84.3 Å². The van der Waals surface area contributed by atoms with Gasteiger partial charge in [0.15, 0.2) is 0 Å². The molecule has 1 amide bonds. The van der Waals surface area contributed by atoms with Gasteiger partial charge in [-0.15, -0.1) is 0 Å². The van der Waals surface area contributed by atoms with Crippen molar-refractivity contribution in [2.45, 2.75) is 25.7 Å². The first-order valence-electron chi connectivity index (χ1n) is 14.2. The fourth-order valence-electron chi connectivity index (χ4n) is 5.23. The molecule has 1 saturated heterocycles. The first-order chi connectivity index (χ1) is 22.3. The van der Waals surface area contributed by atoms with Gasteiger partial charge in [0.05, 0.1) is 22.0 Å². The van der Waals surface area contributed by atoms with E-state index in [1.165, 1.54) is 13.0 Å². The second-order valence-electron chi connectivity index (χ2n) is 10.9. The van der Waals surface area contributed by atoms with E-state index in [2.05, 4.69) is 0 Å². The maximum Gasteiger partial charge on any atom is 0.416 e. The van der Waals surface area contributed by atoms with Gasteiger partial charge in [0.2, 0.25) is 0 Å². The minimum absolute atomic E-state index is 0.354. The Hall–Kier alpha value is -4.58. The van der Waals surface area contributed by atoms with Crippen LogP contribution >= 0.6 is 23.2 Å². The van der Waals surface area contributed by atoms with Gasteiger partial charge in [-0.1, -0.05) is 77.8 Å². The first-order valence-corrected chi connectivity index (χ1v) is 16.4. The number of anilines is 1. The predicted molar refractivity (Wildman–Crippen MR) is 178 cm³/mol. The van der Waals surface area contributed by atoms with E-state index >= 15 is 0 Å². The van der Waals surface area contributed by atoms with Gasteiger partial charge in [0, 0.05) is 23.3 Å². The third-order valence-electron chi connectivity index (χ3n) is 7.64. The summed E-state index contributed by atoms with van der Waals surface area (Å²) in [5, 5.41) is 0.912. The zero-order chi connectivity index (χ0) is 33.5. The number of alkyl halides is 3. The molecule has 4 aromatic carbocycles. The number of benzene rings is 4. The van der Waals surface area contributed by atoms with Crippen LogP contribution in [0, 0.1) is 0 Å². The summed E-state index contributed by atoms with van der Waals surface area (Å²) in [6.45, 7) is 1.88. The molecule has 0 saturated carbocycles. The quantitative estimate of drug-likeness (QED) is 0.185. The molecule has 1 aromatic heterocycles. The number of hydrogen-bond donors (Lipinski definition) is 1. The van der Waals surface area contributed by atoms with Gasteiger partial charge in [-0.25, -0.2) is 14.0 Å². The lowest BCUT2D eigenvalue weighted by atomic mass is 10.0. The fourth-order valence-corrected chi connectivity index (χ4v) is 7.17. The summed E-state index contributed by atoms with van der Waals surface area (Å²) >= 11 is 12.6. The van der Waals surface area contributed by atoms with E-state index < -0.39 is 33.9 Å². The van der Waals surface area contributed by atoms with E-state index in [9.17, 15) is 26.4 Å². The van der Waals surface area contributed by atoms with Gasteiger partial charge < -0.3 is 4.57 Å². The summed E-state index contributed by atoms with van der Waals surface area (Å²) in [6.07, 6.45) is 1.07. The molecule has 1 aliphatic heterocycles. The highest BCUT2D eigenvalue weighted by molar-refractivity contribution is 7.92. The van der Waals surface area contributed by atoms with Crippen LogP contribution in [-0.4, -0.2) is 29.9 Å². The van der Waals surface area contributed by atoms with Crippen molar-refractivity contribution in [1.29, 1.82) is 0 Å². The van der Waals surface area contributed by atoms with Gasteiger partial charge in [0.25, 0.3) is 5.91 Å². The second-order valence-corrected chi connectivity index (χ2v) is 13.3. The third kappa shape index (κ3) is 6.92. The molecular weight excluding hydrogens is 672 g/mol. The van der Waals surface area contributed by atoms with E-state index in [-0.39, 0.29) is 0 Å². The van der Waals surface area contributed by atoms with E-state index in [0.717, 1.165) is 27.6 Å². The normalized spacial score (nSPS) is 16.2. The number of hydrogen-bond acceptors (Lipinski definition) is 4. The molecule has 1 aliphatic rings. The van der Waals surface area contributed by atoms with Crippen LogP contribution in [0.5, 0.6) is 0 Å². The van der Waals surface area contributed by atoms with Gasteiger partial charge in [0.1, 0.15) is 11.9 Å². The van der Waals surface area contributed by atoms with Crippen molar-refractivity contribution in [1.82, 2.24) is 14.3 Å². The van der Waals surface area contributed by atoms with Gasteiger partial charge in [-0.2, -0.15) is 21.6 Å². The molecule has 0 aliphatic carbocycles. The van der Waals surface area contributed by atoms with Crippen LogP contribution in [0.1, 0.15) is 29.4 Å². The lowest BCUT2D eigenvalue weighted by Crippen LogP contribution is -2.33. The summed E-state index contributed by atoms with van der Waals surface area (Å²) < 4.78 is 69.4. The number of nitrogens with zero attached hydrogens (tertiary/aromatic N) is 3. The molecule has 2 heterocycles. The van der Waals surface area contributed by atoms with Gasteiger partial charge in [-0.05, 0) is 77.7 Å². The lowest BCUT2D eigenvalue weighted by Gasteiger charge is -2.19. The Morgan fingerprint density at radius 3 is 2.28 bits per heavy atom. The molecule has 1 atom stereocenters. The number of halogens is 5. The smallest absolute Gasteiger partial charge is 0.326 e. The van der Waals surface area contributed by atoms with Crippen LogP contribution in [0.2, 0.25) is 10.0 Å². The van der Waals surface area contributed by atoms with Crippen LogP contribution in [0.15, 0.2) is 97.2 Å². The highest BCUT2D eigenvalue weighted by atomic mass is 35.5. The van der Waals surface area contributed by atoms with Crippen LogP contribution < -0.4 is 9.03 Å². The molecule has 1 N–H and O–H groups in total. The Morgan fingerprint density at radius 2 is 1.64 bits per heavy atom. The zero-order valence-electron chi connectivity index (χ0n) is 24.5. The molecule has 13 heteroatoms. The monoisotopic (exact) mass is 696 g/mol. The molecule has 0 bridgehead atoms. The van der Waals surface area contributed by atoms with Crippen LogP contribution in [0.3, 0.4) is 0 Å². The molecule has 0 radical (unpaired) electrons. The summed E-state index contributed by atoms with van der Waals surface area (Å²) in [5.41, 5.74) is 3.67. The second kappa shape index (κ2) is 12.6. The zero-order valence-corrected chi connectivity index (χ0v) is 26.9. The van der Waals surface area contributed by atoms with Crippen molar-refractivity contribution < 1.29 is 26.4 Å². The molecule has 240 valence electrons. The number of amides is 1. The number of imidazole rings is 1. The molecule has 47 heavy (non-hydrogen) atoms. The predicted octanol–water partition coefficient (Wildman–Crippen LogP) is 8.33. The maximum absolute atomic E-state index is 13.2. The summed E-state index contributed by atoms with van der Waals surface area (Å²) in [5.74, 6) is -0.00908. The van der Waals surface area contributed by atoms with Crippen molar-refractivity contribution in [3.05, 3.63) is 130 Å². The molecule has 7 nitrogen and oxygen atoms in total. The van der Waals surface area contributed by atoms with E-state index in [4.69, 9.17) is 28.2 Å². The van der Waals surface area contributed by atoms with E-state index in [0.29, 0.717) is 50.5 Å². The Morgan fingerprint density at radius 1 is 0.915 bits per heavy atom. The first kappa shape index (κ1) is 32.4. The Labute approximate surface area is 279 Å². The molecule has 6 rings (SSSR count). The molecular formula is C34H25Cl2F3N4O3S. The number of aromatic nitrogens is 2. The minimum atomic E-state index is -4.43. The van der Waals surface area contributed by atoms with Crippen molar-refractivity contribution in [2.75, 3.05) is 4.31 Å². The lowest BCUT2D eigenvalue weighted by molar-refractivity contribution is -0.137. The maximum atomic E-state index is 13.2. The molecule has 5 aromatic rings. The average molecular weight is 698 g/mol. The van der Waals surface area contributed by atoms with Crippen molar-refractivity contribution in [3.8, 4) is 22.4 Å². The van der Waals surface area contributed by atoms with Crippen LogP contribution in [0.4, 0.5) is 18.9 Å². The third-order valence-corrected chi connectivity index (χ3v) is 9.69. The minimum Gasteiger partial charge on any atom is -0.326 e. The van der Waals surface area contributed by atoms with E-state index in [1.807, 2.05) is 39.8 Å². The average Bonchev–Trinajstić information content (AvgIpc) is 3.51. The summed E-state index contributed by atoms with van der Waals surface area (Å²) in [7, 11) is -3.97. The number of rotatable bonds is 7. The highest BCUT2D eigenvalue weighted by Crippen LogP contribution is 2.33. The standard InChI is InChI=1S/C34H25Cl2F3N4O3S/c1-21-33(44)41-47(45,46)43(21)28-13-7-23(8-14-28)19-42-20-31(29-15-12-27(35)18-30(29)36)40-32(42)16-9-22-5-10-24(11-6-22)25-3-2-4-26(17-25)34(37,38)39/h2-18,20-21H,19H2,1H3,(H,41,44)/b16-9+. The van der Waals surface area contributed by atoms with E-state index in [1.54, 1.807) is 60.7 Å². The van der Waals surface area contributed by atoms with Crippen LogP contribution in [-0.2, 0) is 27.7 Å². The SMILES string of the molecule is CC1C(=O)NS(=O)(=O)N1c1ccc(Cn2cc(-c3ccc(Cl)cc3Cl)nc2/C=C/c2ccc(-c3cccc(C(F)(F)F)c3)cc2)cc1. The Balaban J connectivity index is 1.29. The van der Waals surface area contributed by atoms with Crippen LogP contribution in [0.25, 0.3) is 34.5 Å². The van der Waals surface area contributed by atoms with Gasteiger partial charge >= 0.3 is 16.4 Å². The molecule has 1 unspecified atom stereocenters. The highest BCUT2D eigenvalue weighted by Gasteiger charge is 2.41. The number of nitrogens with one attached hydrogen (secondary N) is 1. The summed E-state index contributed by atoms with van der Waals surface area (Å²) in [6, 6.07) is 23.4. The van der Waals surface area contributed by atoms with Gasteiger partial charge in [-0.3, -0.25) is 4.79 Å². The van der Waals surface area contributed by atoms with Crippen molar-refractivity contribution in [2.24, 2.45) is 0 Å². The van der Waals surface area contributed by atoms with Crippen molar-refractivity contribution in [3.63, 3.8) is 0 Å². The van der Waals surface area contributed by atoms with Crippen molar-refractivity contribution >= 4 is 57.2 Å².